The number of carbonyl (C=O) groups excluding carboxylic acids is 1. The number of nitrogens with one attached hydrogen (secondary N) is 3. The predicted molar refractivity (Wildman–Crippen MR) is 126 cm³/mol. The molecule has 0 saturated carbocycles. The van der Waals surface area contributed by atoms with E-state index in [-0.39, 0.29) is 11.0 Å². The average Bonchev–Trinajstić information content (AvgIpc) is 3.12. The number of anilines is 1. The maximum absolute atomic E-state index is 12.2. The van der Waals surface area contributed by atoms with Crippen molar-refractivity contribution in [3.8, 4) is 11.4 Å². The average molecular weight is 455 g/mol. The molecule has 1 amide bonds. The third kappa shape index (κ3) is 4.46. The Bertz CT molecular complexity index is 1210. The molecular weight excluding hydrogens is 439 g/mol. The summed E-state index contributed by atoms with van der Waals surface area (Å²) in [7, 11) is 0. The number of imidazole rings is 1. The topological polar surface area (TPSA) is 69.8 Å². The molecule has 1 heterocycles. The van der Waals surface area contributed by atoms with Gasteiger partial charge in [-0.2, -0.15) is 0 Å². The van der Waals surface area contributed by atoms with E-state index < -0.39 is 0 Å². The van der Waals surface area contributed by atoms with Crippen molar-refractivity contribution in [3.63, 3.8) is 0 Å². The van der Waals surface area contributed by atoms with Crippen LogP contribution in [0.25, 0.3) is 22.4 Å². The van der Waals surface area contributed by atoms with Gasteiger partial charge >= 0.3 is 0 Å². The van der Waals surface area contributed by atoms with Crippen molar-refractivity contribution < 1.29 is 4.79 Å². The molecular formula is C22H16Cl2N4OS. The lowest BCUT2D eigenvalue weighted by atomic mass is 10.2. The molecule has 0 unspecified atom stereocenters. The minimum Gasteiger partial charge on any atom is -0.338 e. The van der Waals surface area contributed by atoms with Crippen molar-refractivity contribution in [2.45, 2.75) is 6.92 Å². The van der Waals surface area contributed by atoms with Crippen LogP contribution in [0.15, 0.2) is 60.7 Å². The first-order valence-corrected chi connectivity index (χ1v) is 10.2. The van der Waals surface area contributed by atoms with E-state index in [1.807, 2.05) is 43.3 Å². The van der Waals surface area contributed by atoms with E-state index in [0.29, 0.717) is 15.6 Å². The third-order valence-electron chi connectivity index (χ3n) is 4.51. The van der Waals surface area contributed by atoms with E-state index in [1.165, 1.54) is 0 Å². The van der Waals surface area contributed by atoms with Gasteiger partial charge in [0.15, 0.2) is 5.11 Å². The molecule has 0 aliphatic rings. The molecule has 0 aliphatic carbocycles. The second-order valence-corrected chi connectivity index (χ2v) is 7.95. The molecule has 3 N–H and O–H groups in total. The molecule has 1 aromatic heterocycles. The molecule has 4 rings (SSSR count). The largest absolute Gasteiger partial charge is 0.338 e. The Labute approximate surface area is 188 Å². The van der Waals surface area contributed by atoms with Crippen LogP contribution >= 0.6 is 35.4 Å². The lowest BCUT2D eigenvalue weighted by Crippen LogP contribution is -2.34. The smallest absolute Gasteiger partial charge is 0.257 e. The van der Waals surface area contributed by atoms with Crippen molar-refractivity contribution in [1.82, 2.24) is 15.3 Å². The maximum Gasteiger partial charge on any atom is 0.257 e. The molecule has 5 nitrogen and oxygen atoms in total. The highest BCUT2D eigenvalue weighted by atomic mass is 35.5. The summed E-state index contributed by atoms with van der Waals surface area (Å²) in [5.41, 5.74) is 4.87. The van der Waals surface area contributed by atoms with Crippen LogP contribution in [0.1, 0.15) is 15.9 Å². The maximum atomic E-state index is 12.2. The minimum atomic E-state index is -0.308. The number of hydrogen-bond acceptors (Lipinski definition) is 3. The SMILES string of the molecule is Cc1cc2[nH]c(-c3ccc(NC(=S)NC(=O)c4ccc(Cl)cc4)cc3)nc2cc1Cl. The van der Waals surface area contributed by atoms with Crippen molar-refractivity contribution in [2.75, 3.05) is 5.32 Å². The number of aryl methyl sites for hydroxylation is 1. The first kappa shape index (κ1) is 20.3. The molecule has 0 aliphatic heterocycles. The first-order valence-electron chi connectivity index (χ1n) is 9.03. The fourth-order valence-corrected chi connectivity index (χ4v) is 3.42. The zero-order valence-electron chi connectivity index (χ0n) is 15.8. The molecule has 3 aromatic carbocycles. The Balaban J connectivity index is 1.44. The minimum absolute atomic E-state index is 0.205. The van der Waals surface area contributed by atoms with E-state index in [4.69, 9.17) is 35.4 Å². The lowest BCUT2D eigenvalue weighted by Gasteiger charge is -2.10. The summed E-state index contributed by atoms with van der Waals surface area (Å²) >= 11 is 17.3. The fourth-order valence-electron chi connectivity index (χ4n) is 2.93. The Morgan fingerprint density at radius 3 is 2.43 bits per heavy atom. The van der Waals surface area contributed by atoms with Crippen LogP contribution in [-0.2, 0) is 0 Å². The summed E-state index contributed by atoms with van der Waals surface area (Å²) in [6.07, 6.45) is 0. The number of fused-ring (bicyclic) bond motifs is 1. The summed E-state index contributed by atoms with van der Waals surface area (Å²) < 4.78 is 0. The normalized spacial score (nSPS) is 10.8. The highest BCUT2D eigenvalue weighted by molar-refractivity contribution is 7.80. The Morgan fingerprint density at radius 1 is 1.03 bits per heavy atom. The lowest BCUT2D eigenvalue weighted by molar-refractivity contribution is 0.0977. The molecule has 0 bridgehead atoms. The Morgan fingerprint density at radius 2 is 1.73 bits per heavy atom. The van der Waals surface area contributed by atoms with Crippen LogP contribution in [-0.4, -0.2) is 21.0 Å². The molecule has 0 spiro atoms. The molecule has 0 atom stereocenters. The van der Waals surface area contributed by atoms with Gasteiger partial charge in [0.1, 0.15) is 5.82 Å². The van der Waals surface area contributed by atoms with Gasteiger partial charge in [0.2, 0.25) is 0 Å². The van der Waals surface area contributed by atoms with Crippen molar-refractivity contribution in [3.05, 3.63) is 81.8 Å². The van der Waals surface area contributed by atoms with Gasteiger partial charge in [-0.25, -0.2) is 4.98 Å². The first-order chi connectivity index (χ1) is 14.4. The second kappa shape index (κ2) is 8.44. The summed E-state index contributed by atoms with van der Waals surface area (Å²) in [5.74, 6) is 0.439. The second-order valence-electron chi connectivity index (χ2n) is 6.70. The van der Waals surface area contributed by atoms with Gasteiger partial charge in [0.05, 0.1) is 11.0 Å². The Hall–Kier alpha value is -2.93. The van der Waals surface area contributed by atoms with Crippen LogP contribution in [0.3, 0.4) is 0 Å². The highest BCUT2D eigenvalue weighted by Gasteiger charge is 2.10. The number of hydrogen-bond donors (Lipinski definition) is 3. The zero-order valence-corrected chi connectivity index (χ0v) is 18.1. The molecule has 0 radical (unpaired) electrons. The summed E-state index contributed by atoms with van der Waals surface area (Å²) in [6, 6.07) is 18.0. The number of aromatic amines is 1. The number of benzene rings is 3. The van der Waals surface area contributed by atoms with Crippen molar-refractivity contribution in [2.24, 2.45) is 0 Å². The monoisotopic (exact) mass is 454 g/mol. The van der Waals surface area contributed by atoms with Gasteiger partial charge in [0, 0.05) is 26.9 Å². The highest BCUT2D eigenvalue weighted by Crippen LogP contribution is 2.26. The van der Waals surface area contributed by atoms with Crippen molar-refractivity contribution in [1.29, 1.82) is 0 Å². The molecule has 4 aromatic rings. The molecule has 30 heavy (non-hydrogen) atoms. The third-order valence-corrected chi connectivity index (χ3v) is 5.38. The van der Waals surface area contributed by atoms with Crippen molar-refractivity contribution >= 4 is 63.2 Å². The number of aromatic nitrogens is 2. The number of halogens is 2. The molecule has 8 heteroatoms. The van der Waals surface area contributed by atoms with E-state index in [2.05, 4.69) is 20.6 Å². The van der Waals surface area contributed by atoms with Crippen LogP contribution in [0.2, 0.25) is 10.0 Å². The quantitative estimate of drug-likeness (QED) is 0.333. The number of H-pyrrole nitrogens is 1. The zero-order chi connectivity index (χ0) is 21.3. The van der Waals surface area contributed by atoms with E-state index in [9.17, 15) is 4.79 Å². The fraction of sp³-hybridized carbons (Fsp3) is 0.0455. The van der Waals surface area contributed by atoms with Crippen LogP contribution in [0.4, 0.5) is 5.69 Å². The number of carbonyl (C=O) groups is 1. The van der Waals surface area contributed by atoms with Gasteiger partial charge in [-0.05, 0) is 85.4 Å². The summed E-state index contributed by atoms with van der Waals surface area (Å²) in [4.78, 5) is 20.1. The molecule has 150 valence electrons. The Kier molecular flexibility index (Phi) is 5.72. The van der Waals surface area contributed by atoms with E-state index in [1.54, 1.807) is 24.3 Å². The number of nitrogens with zero attached hydrogens (tertiary/aromatic N) is 1. The van der Waals surface area contributed by atoms with Gasteiger partial charge < -0.3 is 10.3 Å². The van der Waals surface area contributed by atoms with Gasteiger partial charge in [0.25, 0.3) is 5.91 Å². The van der Waals surface area contributed by atoms with Crippen LogP contribution in [0, 0.1) is 6.92 Å². The molecule has 0 fully saturated rings. The standard InChI is InChI=1S/C22H16Cl2N4OS/c1-12-10-18-19(11-17(12)24)27-20(26-18)13-4-8-16(9-5-13)25-22(30)28-21(29)14-2-6-15(23)7-3-14/h2-11H,1H3,(H,26,27)(H2,25,28,29,30). The number of thiocarbonyl (C=S) groups is 1. The van der Waals surface area contributed by atoms with Gasteiger partial charge in [-0.1, -0.05) is 23.2 Å². The number of amides is 1. The van der Waals surface area contributed by atoms with E-state index in [0.717, 1.165) is 33.7 Å². The van der Waals surface area contributed by atoms with Gasteiger partial charge in [-0.3, -0.25) is 10.1 Å². The van der Waals surface area contributed by atoms with Crippen LogP contribution < -0.4 is 10.6 Å². The van der Waals surface area contributed by atoms with Gasteiger partial charge in [-0.15, -0.1) is 0 Å². The molecule has 0 saturated heterocycles. The number of rotatable bonds is 3. The predicted octanol–water partition coefficient (Wildman–Crippen LogP) is 5.97. The summed E-state index contributed by atoms with van der Waals surface area (Å²) in [5, 5.41) is 7.10. The van der Waals surface area contributed by atoms with E-state index >= 15 is 0 Å². The summed E-state index contributed by atoms with van der Waals surface area (Å²) in [6.45, 7) is 1.96. The van der Waals surface area contributed by atoms with Crippen LogP contribution in [0.5, 0.6) is 0 Å².